The van der Waals surface area contributed by atoms with Crippen LogP contribution in [0.2, 0.25) is 0 Å². The van der Waals surface area contributed by atoms with Gasteiger partial charge in [0.1, 0.15) is 0 Å². The SMILES string of the molecule is C[C@@H](CCC(N)=O)[C@H]1CC[C@H]2[C@@H]3CC[C@@H]4C[C@H](O)CC[C@]4(C)[C@H]3C[C@H](O)[C@]12C. The Balaban J connectivity index is 1.56. The molecule has 4 aliphatic rings. The Hall–Kier alpha value is -0.610. The Morgan fingerprint density at radius 2 is 1.82 bits per heavy atom. The van der Waals surface area contributed by atoms with Crippen molar-refractivity contribution in [1.29, 1.82) is 0 Å². The average Bonchev–Trinajstić information content (AvgIpc) is 3.00. The summed E-state index contributed by atoms with van der Waals surface area (Å²) < 4.78 is 0. The van der Waals surface area contributed by atoms with E-state index in [9.17, 15) is 15.0 Å². The molecule has 10 atom stereocenters. The molecule has 4 heteroatoms. The molecule has 4 nitrogen and oxygen atoms in total. The number of primary amides is 1. The lowest BCUT2D eigenvalue weighted by Crippen LogP contribution is -2.58. The van der Waals surface area contributed by atoms with Crippen molar-refractivity contribution in [1.82, 2.24) is 0 Å². The van der Waals surface area contributed by atoms with Crippen molar-refractivity contribution in [2.45, 2.75) is 97.2 Å². The van der Waals surface area contributed by atoms with E-state index in [1.165, 1.54) is 25.7 Å². The van der Waals surface area contributed by atoms with Crippen LogP contribution in [0.25, 0.3) is 0 Å². The van der Waals surface area contributed by atoms with E-state index in [4.69, 9.17) is 5.73 Å². The quantitative estimate of drug-likeness (QED) is 0.680. The number of nitrogens with two attached hydrogens (primary N) is 1. The van der Waals surface area contributed by atoms with E-state index in [-0.39, 0.29) is 23.5 Å². The minimum atomic E-state index is -0.246. The first-order chi connectivity index (χ1) is 13.2. The van der Waals surface area contributed by atoms with Gasteiger partial charge in [0, 0.05) is 6.42 Å². The molecule has 4 rings (SSSR count). The molecule has 0 aromatic carbocycles. The maximum Gasteiger partial charge on any atom is 0.217 e. The van der Waals surface area contributed by atoms with Crippen LogP contribution < -0.4 is 5.73 Å². The molecule has 0 unspecified atom stereocenters. The van der Waals surface area contributed by atoms with Crippen molar-refractivity contribution in [3.63, 3.8) is 0 Å². The monoisotopic (exact) mass is 391 g/mol. The van der Waals surface area contributed by atoms with Crippen LogP contribution in [0.5, 0.6) is 0 Å². The number of rotatable bonds is 4. The fourth-order valence-corrected chi connectivity index (χ4v) is 8.73. The summed E-state index contributed by atoms with van der Waals surface area (Å²) in [5.41, 5.74) is 5.67. The first-order valence-electron chi connectivity index (χ1n) is 11.8. The molecule has 0 bridgehead atoms. The molecule has 1 amide bonds. The van der Waals surface area contributed by atoms with Crippen molar-refractivity contribution < 1.29 is 15.0 Å². The summed E-state index contributed by atoms with van der Waals surface area (Å²) in [6.07, 6.45) is 9.82. The molecular weight excluding hydrogens is 350 g/mol. The van der Waals surface area contributed by atoms with Crippen molar-refractivity contribution >= 4 is 5.91 Å². The van der Waals surface area contributed by atoms with E-state index in [0.717, 1.165) is 38.0 Å². The summed E-state index contributed by atoms with van der Waals surface area (Å²) in [4.78, 5) is 11.3. The minimum Gasteiger partial charge on any atom is -0.393 e. The van der Waals surface area contributed by atoms with Gasteiger partial charge in [-0.25, -0.2) is 0 Å². The Morgan fingerprint density at radius 3 is 2.54 bits per heavy atom. The summed E-state index contributed by atoms with van der Waals surface area (Å²) in [5, 5.41) is 21.7. The number of aliphatic hydroxyl groups is 2. The Kier molecular flexibility index (Phi) is 5.36. The van der Waals surface area contributed by atoms with Crippen LogP contribution in [0.3, 0.4) is 0 Å². The molecule has 0 heterocycles. The van der Waals surface area contributed by atoms with Gasteiger partial charge in [0.2, 0.25) is 5.91 Å². The molecule has 0 aliphatic heterocycles. The highest BCUT2D eigenvalue weighted by atomic mass is 16.3. The number of hydrogen-bond acceptors (Lipinski definition) is 3. The molecule has 0 saturated heterocycles. The van der Waals surface area contributed by atoms with Gasteiger partial charge >= 0.3 is 0 Å². The van der Waals surface area contributed by atoms with Crippen molar-refractivity contribution in [2.75, 3.05) is 0 Å². The van der Waals surface area contributed by atoms with E-state index in [2.05, 4.69) is 20.8 Å². The zero-order valence-corrected chi connectivity index (χ0v) is 18.1. The lowest BCUT2D eigenvalue weighted by molar-refractivity contribution is -0.174. The van der Waals surface area contributed by atoms with Gasteiger partial charge in [0.15, 0.2) is 0 Å². The molecule has 4 N–H and O–H groups in total. The summed E-state index contributed by atoms with van der Waals surface area (Å²) >= 11 is 0. The van der Waals surface area contributed by atoms with Crippen molar-refractivity contribution in [2.24, 2.45) is 52.1 Å². The largest absolute Gasteiger partial charge is 0.393 e. The maximum absolute atomic E-state index is 11.5. The predicted octanol–water partition coefficient (Wildman–Crippen LogP) is 3.88. The van der Waals surface area contributed by atoms with Crippen LogP contribution in [0, 0.1) is 46.3 Å². The number of amides is 1. The second kappa shape index (κ2) is 7.27. The highest BCUT2D eigenvalue weighted by Crippen LogP contribution is 2.68. The van der Waals surface area contributed by atoms with Gasteiger partial charge < -0.3 is 15.9 Å². The Morgan fingerprint density at radius 1 is 1.07 bits per heavy atom. The fraction of sp³-hybridized carbons (Fsp3) is 0.958. The number of fused-ring (bicyclic) bond motifs is 5. The third kappa shape index (κ3) is 3.05. The van der Waals surface area contributed by atoms with E-state index in [0.29, 0.717) is 41.4 Å². The molecule has 160 valence electrons. The Bertz CT molecular complexity index is 609. The van der Waals surface area contributed by atoms with Gasteiger partial charge in [-0.1, -0.05) is 20.8 Å². The van der Waals surface area contributed by atoms with Gasteiger partial charge in [0.05, 0.1) is 12.2 Å². The molecule has 4 aliphatic carbocycles. The fourth-order valence-electron chi connectivity index (χ4n) is 8.73. The molecule has 0 aromatic rings. The second-order valence-electron chi connectivity index (χ2n) is 11.4. The number of aliphatic hydroxyl groups excluding tert-OH is 2. The van der Waals surface area contributed by atoms with Gasteiger partial charge in [-0.05, 0) is 104 Å². The first-order valence-corrected chi connectivity index (χ1v) is 11.8. The van der Waals surface area contributed by atoms with Crippen LogP contribution in [-0.4, -0.2) is 28.3 Å². The van der Waals surface area contributed by atoms with Gasteiger partial charge in [0.25, 0.3) is 0 Å². The molecule has 0 aromatic heterocycles. The van der Waals surface area contributed by atoms with E-state index in [1.54, 1.807) is 0 Å². The highest BCUT2D eigenvalue weighted by Gasteiger charge is 2.63. The summed E-state index contributed by atoms with van der Waals surface area (Å²) in [5.74, 6) is 3.27. The maximum atomic E-state index is 11.5. The smallest absolute Gasteiger partial charge is 0.217 e. The highest BCUT2D eigenvalue weighted by molar-refractivity contribution is 5.73. The number of carbonyl (C=O) groups excluding carboxylic acids is 1. The third-order valence-electron chi connectivity index (χ3n) is 10.3. The minimum absolute atomic E-state index is 0.0182. The standard InChI is InChI=1S/C24H41NO3/c1-14(4-9-22(25)28)18-7-8-19-17-6-5-15-12-16(26)10-11-23(15,2)20(17)13-21(27)24(18,19)3/h14-21,26-27H,4-13H2,1-3H3,(H2,25,28)/t14-,15+,16+,17-,18+,19-,20-,21-,23-,24+/m0/s1. The molecule has 4 saturated carbocycles. The zero-order chi connectivity index (χ0) is 20.3. The topological polar surface area (TPSA) is 83.6 Å². The van der Waals surface area contributed by atoms with Gasteiger partial charge in [-0.15, -0.1) is 0 Å². The number of carbonyl (C=O) groups is 1. The molecular formula is C24H41NO3. The van der Waals surface area contributed by atoms with Crippen LogP contribution in [0.4, 0.5) is 0 Å². The molecule has 4 fully saturated rings. The van der Waals surface area contributed by atoms with Crippen LogP contribution in [0.15, 0.2) is 0 Å². The molecule has 0 spiro atoms. The molecule has 0 radical (unpaired) electrons. The summed E-state index contributed by atoms with van der Waals surface area (Å²) in [6.45, 7) is 7.09. The van der Waals surface area contributed by atoms with Gasteiger partial charge in [-0.3, -0.25) is 4.79 Å². The second-order valence-corrected chi connectivity index (χ2v) is 11.4. The normalized spacial score (nSPS) is 51.7. The third-order valence-corrected chi connectivity index (χ3v) is 10.3. The zero-order valence-electron chi connectivity index (χ0n) is 18.1. The van der Waals surface area contributed by atoms with Crippen LogP contribution >= 0.6 is 0 Å². The lowest BCUT2D eigenvalue weighted by atomic mass is 9.43. The molecule has 28 heavy (non-hydrogen) atoms. The van der Waals surface area contributed by atoms with Crippen LogP contribution in [0.1, 0.15) is 85.0 Å². The Labute approximate surface area is 170 Å². The van der Waals surface area contributed by atoms with E-state index >= 15 is 0 Å². The summed E-state index contributed by atoms with van der Waals surface area (Å²) in [6, 6.07) is 0. The van der Waals surface area contributed by atoms with Gasteiger partial charge in [-0.2, -0.15) is 0 Å². The predicted molar refractivity (Wildman–Crippen MR) is 110 cm³/mol. The van der Waals surface area contributed by atoms with Crippen molar-refractivity contribution in [3.05, 3.63) is 0 Å². The van der Waals surface area contributed by atoms with E-state index in [1.807, 2.05) is 0 Å². The average molecular weight is 392 g/mol. The first kappa shape index (κ1) is 20.7. The van der Waals surface area contributed by atoms with Crippen molar-refractivity contribution in [3.8, 4) is 0 Å². The summed E-state index contributed by atoms with van der Waals surface area (Å²) in [7, 11) is 0. The van der Waals surface area contributed by atoms with Crippen LogP contribution in [-0.2, 0) is 4.79 Å². The number of hydrogen-bond donors (Lipinski definition) is 3. The van der Waals surface area contributed by atoms with E-state index < -0.39 is 0 Å². The lowest BCUT2D eigenvalue weighted by Gasteiger charge is -2.62.